The van der Waals surface area contributed by atoms with Crippen LogP contribution in [0.15, 0.2) is 146 Å². The van der Waals surface area contributed by atoms with Crippen LogP contribution in [0.1, 0.15) is 16.7 Å². The molecule has 0 saturated heterocycles. The Labute approximate surface area is 303 Å². The van der Waals surface area contributed by atoms with Gasteiger partial charge in [0.2, 0.25) is 0 Å². The Morgan fingerprint density at radius 1 is 0.481 bits per heavy atom. The number of nitrogens with zero attached hydrogens (tertiary/aromatic N) is 4. The minimum atomic E-state index is -4.58. The Bertz CT molecular complexity index is 2830. The molecule has 0 aliphatic rings. The number of pyridine rings is 1. The molecule has 10 heteroatoms. The monoisotopic (exact) mass is 722 g/mol. The van der Waals surface area contributed by atoms with E-state index in [2.05, 4.69) is 6.07 Å². The molecule has 0 atom stereocenters. The third kappa shape index (κ3) is 5.19. The predicted molar refractivity (Wildman–Crippen MR) is 199 cm³/mol. The molecule has 0 aliphatic carbocycles. The predicted octanol–water partition coefficient (Wildman–Crippen LogP) is 12.5. The summed E-state index contributed by atoms with van der Waals surface area (Å²) in [4.78, 5) is 4.73. The van der Waals surface area contributed by atoms with E-state index in [1.54, 1.807) is 69.9 Å². The first-order valence-electron chi connectivity index (χ1n) is 16.8. The van der Waals surface area contributed by atoms with Crippen LogP contribution < -0.4 is 0 Å². The first-order valence-corrected chi connectivity index (χ1v) is 16.8. The van der Waals surface area contributed by atoms with E-state index >= 15 is 0 Å². The average Bonchev–Trinajstić information content (AvgIpc) is 3.69. The lowest BCUT2D eigenvalue weighted by Crippen LogP contribution is -2.07. The summed E-state index contributed by atoms with van der Waals surface area (Å²) < 4.78 is 87.7. The van der Waals surface area contributed by atoms with E-state index in [-0.39, 0.29) is 5.56 Å². The summed E-state index contributed by atoms with van der Waals surface area (Å²) >= 11 is 0. The average molecular weight is 723 g/mol. The van der Waals surface area contributed by atoms with E-state index in [1.807, 2.05) is 48.5 Å². The van der Waals surface area contributed by atoms with E-state index < -0.39 is 23.5 Å². The number of rotatable bonds is 4. The highest BCUT2D eigenvalue weighted by Gasteiger charge is 2.33. The normalized spacial score (nSPS) is 12.2. The molecule has 0 saturated carbocycles. The minimum absolute atomic E-state index is 0.161. The maximum atomic E-state index is 14.0. The van der Waals surface area contributed by atoms with Gasteiger partial charge in [0.15, 0.2) is 0 Å². The molecule has 3 heterocycles. The molecule has 9 rings (SSSR count). The molecule has 54 heavy (non-hydrogen) atoms. The van der Waals surface area contributed by atoms with E-state index in [0.717, 1.165) is 29.8 Å². The quantitative estimate of drug-likeness (QED) is 0.170. The van der Waals surface area contributed by atoms with Crippen LogP contribution in [-0.2, 0) is 12.4 Å². The van der Waals surface area contributed by atoms with Gasteiger partial charge in [-0.2, -0.15) is 31.6 Å². The zero-order valence-electron chi connectivity index (χ0n) is 27.9. The summed E-state index contributed by atoms with van der Waals surface area (Å²) in [7, 11) is 0. The lowest BCUT2D eigenvalue weighted by atomic mass is 9.96. The molecule has 0 fully saturated rings. The first kappa shape index (κ1) is 33.0. The Hall–Kier alpha value is -6.86. The van der Waals surface area contributed by atoms with Gasteiger partial charge in [0, 0.05) is 38.9 Å². The van der Waals surface area contributed by atoms with Gasteiger partial charge >= 0.3 is 12.4 Å². The van der Waals surface area contributed by atoms with Crippen molar-refractivity contribution in [1.82, 2.24) is 14.1 Å². The van der Waals surface area contributed by atoms with Gasteiger partial charge in [-0.3, -0.25) is 4.98 Å². The van der Waals surface area contributed by atoms with Gasteiger partial charge in [-0.1, -0.05) is 72.8 Å². The van der Waals surface area contributed by atoms with Crippen molar-refractivity contribution in [2.75, 3.05) is 0 Å². The zero-order valence-corrected chi connectivity index (χ0v) is 27.9. The number of benzene rings is 6. The van der Waals surface area contributed by atoms with Crippen molar-refractivity contribution in [2.24, 2.45) is 0 Å². The third-order valence-corrected chi connectivity index (χ3v) is 9.86. The number of hydrogen-bond acceptors (Lipinski definition) is 2. The molecular formula is C44H24F6N4. The second-order valence-electron chi connectivity index (χ2n) is 12.9. The zero-order chi connectivity index (χ0) is 37.4. The van der Waals surface area contributed by atoms with Crippen LogP contribution in [-0.4, -0.2) is 14.1 Å². The van der Waals surface area contributed by atoms with Gasteiger partial charge < -0.3 is 9.13 Å². The number of nitriles is 1. The van der Waals surface area contributed by atoms with Gasteiger partial charge in [0.1, 0.15) is 11.6 Å². The molecule has 0 aliphatic heterocycles. The van der Waals surface area contributed by atoms with Crippen molar-refractivity contribution in [3.63, 3.8) is 0 Å². The fourth-order valence-corrected chi connectivity index (χ4v) is 7.52. The fourth-order valence-electron chi connectivity index (χ4n) is 7.52. The second kappa shape index (κ2) is 12.1. The highest BCUT2D eigenvalue weighted by Crippen LogP contribution is 2.43. The molecule has 0 bridgehead atoms. The number of halogens is 6. The van der Waals surface area contributed by atoms with Gasteiger partial charge in [-0.05, 0) is 72.3 Å². The lowest BCUT2D eigenvalue weighted by Gasteiger charge is -2.19. The number of hydrogen-bond donors (Lipinski definition) is 0. The van der Waals surface area contributed by atoms with E-state index in [9.17, 15) is 31.6 Å². The van der Waals surface area contributed by atoms with Crippen LogP contribution in [0.3, 0.4) is 0 Å². The van der Waals surface area contributed by atoms with Gasteiger partial charge in [0.05, 0.1) is 50.3 Å². The summed E-state index contributed by atoms with van der Waals surface area (Å²) in [5, 5.41) is 12.9. The maximum Gasteiger partial charge on any atom is 0.416 e. The molecule has 0 amide bonds. The van der Waals surface area contributed by atoms with E-state index in [4.69, 9.17) is 4.98 Å². The molecule has 6 aromatic carbocycles. The molecule has 0 radical (unpaired) electrons. The second-order valence-corrected chi connectivity index (χ2v) is 12.9. The number of fused-ring (bicyclic) bond motifs is 6. The molecular weight excluding hydrogens is 699 g/mol. The molecule has 0 unspecified atom stereocenters. The van der Waals surface area contributed by atoms with Crippen molar-refractivity contribution >= 4 is 43.6 Å². The fraction of sp³-hybridized carbons (Fsp3) is 0.0455. The lowest BCUT2D eigenvalue weighted by molar-refractivity contribution is -0.138. The maximum absolute atomic E-state index is 14.0. The topological polar surface area (TPSA) is 46.5 Å². The Morgan fingerprint density at radius 2 is 0.963 bits per heavy atom. The highest BCUT2D eigenvalue weighted by atomic mass is 19.4. The summed E-state index contributed by atoms with van der Waals surface area (Å²) in [6.07, 6.45) is -7.49. The molecule has 0 N–H and O–H groups in total. The summed E-state index contributed by atoms with van der Waals surface area (Å²) in [5.41, 5.74) is 4.11. The minimum Gasteiger partial charge on any atom is -0.308 e. The van der Waals surface area contributed by atoms with Crippen LogP contribution in [0, 0.1) is 11.3 Å². The Balaban J connectivity index is 1.44. The van der Waals surface area contributed by atoms with Crippen molar-refractivity contribution in [2.45, 2.75) is 12.4 Å². The number of alkyl halides is 6. The van der Waals surface area contributed by atoms with Gasteiger partial charge in [0.25, 0.3) is 0 Å². The van der Waals surface area contributed by atoms with Gasteiger partial charge in [-0.25, -0.2) is 0 Å². The van der Waals surface area contributed by atoms with Crippen molar-refractivity contribution in [3.8, 4) is 39.8 Å². The summed E-state index contributed by atoms with van der Waals surface area (Å²) in [6.45, 7) is 0. The molecule has 0 spiro atoms. The summed E-state index contributed by atoms with van der Waals surface area (Å²) in [5.74, 6) is 0. The SMILES string of the molecule is N#Cc1c(-n2c3ccccc3c3cc(C(F)(F)F)ccc32)cc(-c2cccnc2-c2ccccc2)cc1-n1c2ccccc2c2cc(C(F)(F)F)ccc21. The smallest absolute Gasteiger partial charge is 0.308 e. The van der Waals surface area contributed by atoms with E-state index in [0.29, 0.717) is 71.8 Å². The standard InChI is InChI=1S/C44H24F6N4/c45-43(46,47)28-16-18-38-33(23-28)31-11-4-6-14-36(31)53(38)40-21-27(30-13-8-20-52-42(30)26-9-2-1-3-10-26)22-41(35(40)25-51)54-37-15-7-5-12-32(37)34-24-29(44(48,49)50)17-19-39(34)54/h1-24H. The molecule has 4 nitrogen and oxygen atoms in total. The van der Waals surface area contributed by atoms with Crippen LogP contribution in [0.25, 0.3) is 77.4 Å². The van der Waals surface area contributed by atoms with Crippen LogP contribution >= 0.6 is 0 Å². The van der Waals surface area contributed by atoms with Crippen molar-refractivity contribution < 1.29 is 26.3 Å². The Kier molecular flexibility index (Phi) is 7.40. The Morgan fingerprint density at radius 3 is 1.46 bits per heavy atom. The third-order valence-electron chi connectivity index (χ3n) is 9.86. The molecule has 9 aromatic rings. The largest absolute Gasteiger partial charge is 0.416 e. The number of aromatic nitrogens is 3. The highest BCUT2D eigenvalue weighted by molar-refractivity contribution is 6.11. The van der Waals surface area contributed by atoms with Crippen LogP contribution in [0.4, 0.5) is 26.3 Å². The summed E-state index contributed by atoms with van der Waals surface area (Å²) in [6, 6.07) is 40.4. The van der Waals surface area contributed by atoms with Crippen LogP contribution in [0.5, 0.6) is 0 Å². The van der Waals surface area contributed by atoms with Crippen LogP contribution in [0.2, 0.25) is 0 Å². The van der Waals surface area contributed by atoms with E-state index in [1.165, 1.54) is 12.1 Å². The van der Waals surface area contributed by atoms with Gasteiger partial charge in [-0.15, -0.1) is 0 Å². The first-order chi connectivity index (χ1) is 26.0. The van der Waals surface area contributed by atoms with Crippen molar-refractivity contribution in [3.05, 3.63) is 162 Å². The number of para-hydroxylation sites is 2. The molecule has 3 aromatic heterocycles. The van der Waals surface area contributed by atoms with Crippen molar-refractivity contribution in [1.29, 1.82) is 5.26 Å². The molecule has 262 valence electrons.